The second-order valence-electron chi connectivity index (χ2n) is 5.58. The van der Waals surface area contributed by atoms with Gasteiger partial charge in [0, 0.05) is 18.8 Å². The van der Waals surface area contributed by atoms with Crippen LogP contribution in [0.5, 0.6) is 5.75 Å². The first kappa shape index (κ1) is 22.5. The van der Waals surface area contributed by atoms with E-state index in [-0.39, 0.29) is 10.9 Å². The van der Waals surface area contributed by atoms with Crippen molar-refractivity contribution in [1.29, 1.82) is 0 Å². The van der Waals surface area contributed by atoms with Crippen LogP contribution in [-0.4, -0.2) is 16.1 Å². The lowest BCUT2D eigenvalue weighted by molar-refractivity contribution is 0.262. The number of aromatic nitrogens is 1. The van der Waals surface area contributed by atoms with E-state index in [0.29, 0.717) is 28.1 Å². The molecule has 150 valence electrons. The van der Waals surface area contributed by atoms with Crippen molar-refractivity contribution in [2.24, 2.45) is 0 Å². The van der Waals surface area contributed by atoms with Crippen molar-refractivity contribution in [3.05, 3.63) is 67.2 Å². The van der Waals surface area contributed by atoms with Gasteiger partial charge in [-0.3, -0.25) is 9.59 Å². The number of carbonyl (C=O) groups is 1. The number of urea groups is 1. The van der Waals surface area contributed by atoms with Gasteiger partial charge in [-0.05, 0) is 91.8 Å². The summed E-state index contributed by atoms with van der Waals surface area (Å²) in [5.74, 6) is -0.518. The lowest BCUT2D eigenvalue weighted by Crippen LogP contribution is -2.30. The molecule has 0 unspecified atom stereocenters. The molecule has 7 nitrogen and oxygen atoms in total. The van der Waals surface area contributed by atoms with Crippen molar-refractivity contribution in [3.8, 4) is 5.75 Å². The van der Waals surface area contributed by atoms with Gasteiger partial charge in [0.2, 0.25) is 0 Å². The van der Waals surface area contributed by atoms with Crippen LogP contribution in [0.2, 0.25) is 0 Å². The molecule has 4 N–H and O–H groups in total. The van der Waals surface area contributed by atoms with Crippen LogP contribution in [-0.2, 0) is 0 Å². The molecule has 2 amide bonds. The molecule has 0 saturated carbocycles. The molecule has 0 aliphatic heterocycles. The van der Waals surface area contributed by atoms with Gasteiger partial charge in [0.15, 0.2) is 5.75 Å². The van der Waals surface area contributed by atoms with Crippen LogP contribution in [0.4, 0.5) is 16.2 Å². The van der Waals surface area contributed by atoms with Gasteiger partial charge in [-0.25, -0.2) is 4.79 Å². The van der Waals surface area contributed by atoms with E-state index in [1.54, 1.807) is 12.1 Å². The Morgan fingerprint density at radius 3 is 1.97 bits per heavy atom. The molecule has 2 aromatic carbocycles. The normalized spacial score (nSPS) is 10.8. The minimum absolute atomic E-state index is 0.207. The minimum Gasteiger partial charge on any atom is -0.505 e. The summed E-state index contributed by atoms with van der Waals surface area (Å²) in [6.45, 7) is 0. The number of fused-ring (bicyclic) bond motifs is 1. The van der Waals surface area contributed by atoms with E-state index in [2.05, 4.69) is 95.3 Å². The summed E-state index contributed by atoms with van der Waals surface area (Å²) in [5, 5.41) is 15.6. The van der Waals surface area contributed by atoms with E-state index in [1.807, 2.05) is 0 Å². The summed E-state index contributed by atoms with van der Waals surface area (Å²) in [4.78, 5) is 39.5. The Balaban J connectivity index is 2.07. The zero-order chi connectivity index (χ0) is 21.5. The van der Waals surface area contributed by atoms with Gasteiger partial charge in [0.05, 0.1) is 20.1 Å². The lowest BCUT2D eigenvalue weighted by atomic mass is 10.2. The number of aromatic amines is 1. The Morgan fingerprint density at radius 2 is 1.34 bits per heavy atom. The average molecular weight is 718 g/mol. The van der Waals surface area contributed by atoms with Gasteiger partial charge in [0.25, 0.3) is 11.0 Å². The number of H-pyrrole nitrogens is 1. The topological polar surface area (TPSA) is 111 Å². The highest BCUT2D eigenvalue weighted by molar-refractivity contribution is 9.15. The van der Waals surface area contributed by atoms with Gasteiger partial charge >= 0.3 is 6.03 Å². The molecule has 1 heterocycles. The fourth-order valence-corrected chi connectivity index (χ4v) is 5.67. The van der Waals surface area contributed by atoms with E-state index in [4.69, 9.17) is 0 Å². The monoisotopic (exact) mass is 713 g/mol. The number of carbonyl (C=O) groups excluding carboxylic acids is 1. The molecule has 0 aliphatic carbocycles. The van der Waals surface area contributed by atoms with Crippen LogP contribution in [0.3, 0.4) is 0 Å². The molecule has 0 radical (unpaired) electrons. The highest BCUT2D eigenvalue weighted by Gasteiger charge is 2.21. The quantitative estimate of drug-likeness (QED) is 0.147. The standard InChI is InChI=1S/C17H8Br5N3O4/c18-7-8(19)10(21)12(11(22)9(7)20)24-17(29)25-13-14(26)5-3-1-2-4-6(5)23-16(28)15(13)27/h1-4H,(H4,23,24,25,26,27,28,29). The number of anilines is 2. The van der Waals surface area contributed by atoms with E-state index >= 15 is 0 Å². The second kappa shape index (κ2) is 8.88. The average Bonchev–Trinajstić information content (AvgIpc) is 2.79. The number of amides is 2. The van der Waals surface area contributed by atoms with Crippen molar-refractivity contribution in [2.75, 3.05) is 10.6 Å². The predicted octanol–water partition coefficient (Wildman–Crippen LogP) is 6.05. The van der Waals surface area contributed by atoms with Crippen molar-refractivity contribution >= 4 is 108 Å². The van der Waals surface area contributed by atoms with Crippen LogP contribution in [0.1, 0.15) is 0 Å². The van der Waals surface area contributed by atoms with E-state index in [0.717, 1.165) is 0 Å². The summed E-state index contributed by atoms with van der Waals surface area (Å²) in [6, 6.07) is 5.47. The van der Waals surface area contributed by atoms with E-state index in [1.165, 1.54) is 12.1 Å². The molecule has 29 heavy (non-hydrogen) atoms. The molecule has 0 spiro atoms. The Kier molecular flexibility index (Phi) is 6.88. The summed E-state index contributed by atoms with van der Waals surface area (Å²) >= 11 is 16.9. The van der Waals surface area contributed by atoms with Gasteiger partial charge in [0.1, 0.15) is 5.69 Å². The third kappa shape index (κ3) is 4.31. The molecule has 0 atom stereocenters. The molecule has 3 rings (SSSR count). The third-order valence-electron chi connectivity index (χ3n) is 3.79. The zero-order valence-electron chi connectivity index (χ0n) is 13.9. The van der Waals surface area contributed by atoms with Crippen molar-refractivity contribution < 1.29 is 9.90 Å². The van der Waals surface area contributed by atoms with Crippen molar-refractivity contribution in [2.45, 2.75) is 0 Å². The number of halogens is 5. The Labute approximate surface area is 204 Å². The van der Waals surface area contributed by atoms with Crippen LogP contribution in [0, 0.1) is 0 Å². The Morgan fingerprint density at radius 1 is 0.828 bits per heavy atom. The van der Waals surface area contributed by atoms with Gasteiger partial charge in [-0.2, -0.15) is 0 Å². The fourth-order valence-electron chi connectivity index (χ4n) is 2.42. The molecular weight excluding hydrogens is 710 g/mol. The second-order valence-corrected chi connectivity index (χ2v) is 9.54. The molecule has 1 aromatic heterocycles. The predicted molar refractivity (Wildman–Crippen MR) is 130 cm³/mol. The maximum Gasteiger partial charge on any atom is 0.323 e. The number of rotatable bonds is 2. The smallest absolute Gasteiger partial charge is 0.323 e. The number of aromatic hydroxyl groups is 1. The lowest BCUT2D eigenvalue weighted by Gasteiger charge is -2.15. The third-order valence-corrected chi connectivity index (χ3v) is 9.88. The van der Waals surface area contributed by atoms with Crippen LogP contribution < -0.4 is 21.6 Å². The first-order valence-electron chi connectivity index (χ1n) is 7.61. The summed E-state index contributed by atoms with van der Waals surface area (Å²) < 4.78 is 2.99. The Hall–Kier alpha value is -1.21. The summed E-state index contributed by atoms with van der Waals surface area (Å²) in [5.41, 5.74) is -1.99. The van der Waals surface area contributed by atoms with Gasteiger partial charge in [-0.15, -0.1) is 0 Å². The molecule has 0 bridgehead atoms. The van der Waals surface area contributed by atoms with Crippen molar-refractivity contribution in [3.63, 3.8) is 0 Å². The first-order valence-corrected chi connectivity index (χ1v) is 11.6. The van der Waals surface area contributed by atoms with Gasteiger partial charge in [-0.1, -0.05) is 12.1 Å². The molecular formula is C17H8Br5N3O4. The largest absolute Gasteiger partial charge is 0.505 e. The van der Waals surface area contributed by atoms with E-state index in [9.17, 15) is 19.5 Å². The maximum absolute atomic E-state index is 12.6. The number of hydrogen-bond acceptors (Lipinski definition) is 4. The maximum atomic E-state index is 12.6. The first-order chi connectivity index (χ1) is 13.6. The zero-order valence-corrected chi connectivity index (χ0v) is 21.8. The number of hydrogen-bond donors (Lipinski definition) is 4. The minimum atomic E-state index is -1.08. The fraction of sp³-hybridized carbons (Fsp3) is 0. The molecule has 12 heteroatoms. The van der Waals surface area contributed by atoms with E-state index < -0.39 is 28.5 Å². The van der Waals surface area contributed by atoms with Gasteiger partial charge < -0.3 is 20.7 Å². The number of benzene rings is 2. The van der Waals surface area contributed by atoms with Crippen LogP contribution in [0.25, 0.3) is 10.9 Å². The number of nitrogens with one attached hydrogen (secondary N) is 3. The number of para-hydroxylation sites is 1. The highest BCUT2D eigenvalue weighted by Crippen LogP contribution is 2.47. The summed E-state index contributed by atoms with van der Waals surface area (Å²) in [7, 11) is 0. The Bertz CT molecular complexity index is 1260. The molecule has 0 saturated heterocycles. The van der Waals surface area contributed by atoms with Crippen LogP contribution in [0.15, 0.2) is 56.2 Å². The molecule has 0 fully saturated rings. The molecule has 3 aromatic rings. The summed E-state index contributed by atoms with van der Waals surface area (Å²) in [6.07, 6.45) is 0. The van der Waals surface area contributed by atoms with Crippen molar-refractivity contribution in [1.82, 2.24) is 4.98 Å². The molecule has 0 aliphatic rings. The SMILES string of the molecule is O=C(Nc1c(Br)c(Br)c(Br)c(Br)c1Br)Nc1c(O)c2ccccc2[nH]c(=O)c1=O. The van der Waals surface area contributed by atoms with Crippen LogP contribution >= 0.6 is 79.6 Å². The highest BCUT2D eigenvalue weighted by atomic mass is 79.9.